The Kier molecular flexibility index (Phi) is 11.9. The van der Waals surface area contributed by atoms with E-state index in [-0.39, 0.29) is 0 Å². The van der Waals surface area contributed by atoms with Gasteiger partial charge in [0.15, 0.2) is 0 Å². The molecule has 0 unspecified atom stereocenters. The maximum Gasteiger partial charge on any atom is -0.112 e. The number of carboxylic acid groups (broad SMARTS) is 1. The van der Waals surface area contributed by atoms with Crippen LogP contribution >= 0.6 is 0 Å². The molecule has 1 rings (SSSR count). The molecule has 0 aliphatic carbocycles. The second-order valence-corrected chi connectivity index (χ2v) is 6.31. The monoisotopic (exact) mass is 468 g/mol. The second-order valence-electron chi connectivity index (χ2n) is 2.96. The molecule has 0 saturated heterocycles. The molecule has 18 heavy (non-hydrogen) atoms. The van der Waals surface area contributed by atoms with Crippen molar-refractivity contribution in [3.63, 3.8) is 0 Å². The topological polar surface area (TPSA) is 132 Å². The molecule has 0 aliphatic heterocycles. The SMILES string of the molecule is CC(=O)[O-].CCc1cc[c]([Tl+2])cc1.[O-][Cl+3]([O-])([O-])[O-]. The van der Waals surface area contributed by atoms with E-state index < -0.39 is 16.2 Å². The summed E-state index contributed by atoms with van der Waals surface area (Å²) in [6, 6.07) is 8.89. The largest absolute Gasteiger partial charge is 0.222 e. The predicted octanol–water partition coefficient (Wildman–Crippen LogP) is -4.96. The van der Waals surface area contributed by atoms with Crippen molar-refractivity contribution in [1.29, 1.82) is 0 Å². The van der Waals surface area contributed by atoms with Crippen molar-refractivity contribution in [2.24, 2.45) is 0 Å². The Morgan fingerprint density at radius 1 is 1.17 bits per heavy atom. The van der Waals surface area contributed by atoms with E-state index in [9.17, 15) is 0 Å². The molecule has 0 saturated carbocycles. The van der Waals surface area contributed by atoms with E-state index in [0.717, 1.165) is 39.1 Å². The van der Waals surface area contributed by atoms with E-state index >= 15 is 0 Å². The first-order chi connectivity index (χ1) is 8.06. The molecule has 98 valence electrons. The molecule has 0 atom stereocenters. The summed E-state index contributed by atoms with van der Waals surface area (Å²) < 4.78 is 35.5. The van der Waals surface area contributed by atoms with Gasteiger partial charge < -0.3 is 9.90 Å². The van der Waals surface area contributed by atoms with Crippen molar-refractivity contribution < 1.29 is 38.8 Å². The van der Waals surface area contributed by atoms with Crippen LogP contribution in [0.4, 0.5) is 0 Å². The zero-order valence-electron chi connectivity index (χ0n) is 9.92. The zero-order chi connectivity index (χ0) is 14.8. The van der Waals surface area contributed by atoms with Gasteiger partial charge in [-0.2, -0.15) is 0 Å². The molecule has 1 aromatic rings. The normalized spacial score (nSPS) is 9.56. The second kappa shape index (κ2) is 10.6. The van der Waals surface area contributed by atoms with Crippen molar-refractivity contribution >= 4 is 34.9 Å². The fraction of sp³-hybridized carbons (Fsp3) is 0.300. The molecule has 0 bridgehead atoms. The minimum atomic E-state index is -4.94. The average Bonchev–Trinajstić information content (AvgIpc) is 2.15. The van der Waals surface area contributed by atoms with Crippen LogP contribution in [0.15, 0.2) is 24.3 Å². The van der Waals surface area contributed by atoms with Gasteiger partial charge in [0, 0.05) is 5.97 Å². The summed E-state index contributed by atoms with van der Waals surface area (Å²) in [5, 5.41) is 8.89. The quantitative estimate of drug-likeness (QED) is 0.380. The summed E-state index contributed by atoms with van der Waals surface area (Å²) in [5.41, 5.74) is 1.44. The van der Waals surface area contributed by atoms with E-state index in [1.165, 1.54) is 8.69 Å². The van der Waals surface area contributed by atoms with Gasteiger partial charge in [-0.25, -0.2) is 18.6 Å². The molecule has 0 radical (unpaired) electrons. The first-order valence-corrected chi connectivity index (χ1v) is 8.18. The Morgan fingerprint density at radius 3 is 1.67 bits per heavy atom. The summed E-state index contributed by atoms with van der Waals surface area (Å²) in [5.74, 6) is -1.08. The predicted molar refractivity (Wildman–Crippen MR) is 51.9 cm³/mol. The summed E-state index contributed by atoms with van der Waals surface area (Å²) in [4.78, 5) is 8.89. The maximum absolute atomic E-state index is 8.89. The number of carboxylic acids is 1. The van der Waals surface area contributed by atoms with Crippen molar-refractivity contribution in [2.45, 2.75) is 20.3 Å². The first kappa shape index (κ1) is 20.1. The molecule has 6 nitrogen and oxygen atoms in total. The number of carbonyl (C=O) groups is 1. The van der Waals surface area contributed by atoms with Crippen LogP contribution in [0.1, 0.15) is 19.4 Å². The summed E-state index contributed by atoms with van der Waals surface area (Å²) in [6.45, 7) is 3.16. The number of hydrogen-bond acceptors (Lipinski definition) is 6. The molecule has 1 aromatic carbocycles. The molecular weight excluding hydrogens is 456 g/mol. The Morgan fingerprint density at radius 2 is 1.44 bits per heavy atom. The van der Waals surface area contributed by atoms with Crippen LogP contribution in [0.25, 0.3) is 0 Å². The fourth-order valence-electron chi connectivity index (χ4n) is 0.753. The minimum absolute atomic E-state index is 0.972. The van der Waals surface area contributed by atoms with Crippen LogP contribution in [0.2, 0.25) is 0 Å². The van der Waals surface area contributed by atoms with Crippen LogP contribution < -0.4 is 26.9 Å². The third kappa shape index (κ3) is 24.8. The molecule has 0 amide bonds. The molecule has 0 fully saturated rings. The van der Waals surface area contributed by atoms with Crippen molar-refractivity contribution in [3.8, 4) is 0 Å². The Bertz CT molecular complexity index is 325. The molecular formula is C10H12ClO6Tl. The van der Waals surface area contributed by atoms with Gasteiger partial charge in [-0.05, 0) is 6.92 Å². The molecule has 0 aromatic heterocycles. The van der Waals surface area contributed by atoms with E-state index in [1.54, 1.807) is 0 Å². The van der Waals surface area contributed by atoms with Crippen LogP contribution in [-0.2, 0) is 11.2 Å². The van der Waals surface area contributed by atoms with E-state index in [4.69, 9.17) is 28.5 Å². The number of rotatable bonds is 1. The smallest absolute Gasteiger partial charge is 0.112 e. The summed E-state index contributed by atoms with van der Waals surface area (Å²) in [7, 11) is -4.94. The number of hydrogen-bond donors (Lipinski definition) is 0. The van der Waals surface area contributed by atoms with Crippen LogP contribution in [0.3, 0.4) is 0 Å². The maximum atomic E-state index is 8.89. The molecule has 8 heteroatoms. The molecule has 0 spiro atoms. The van der Waals surface area contributed by atoms with Gasteiger partial charge in [-0.3, -0.25) is 0 Å². The van der Waals surface area contributed by atoms with E-state index in [2.05, 4.69) is 31.2 Å². The van der Waals surface area contributed by atoms with Gasteiger partial charge >= 0.3 is 72.1 Å². The standard InChI is InChI=1S/C8H9.C2H4O2.ClHO4.Tl/c1-2-8-6-4-3-5-7-8;1-2(3)4;2-1(3,4)5;/h4-7H,2H2,1H3;1H3,(H,3,4);(H,2,3,4,5);/q;;;+2/p-2. The third-order valence-electron chi connectivity index (χ3n) is 1.39. The fourth-order valence-corrected chi connectivity index (χ4v) is 1.50. The van der Waals surface area contributed by atoms with Crippen LogP contribution in [-0.4, -0.2) is 31.7 Å². The van der Waals surface area contributed by atoms with Gasteiger partial charge in [-0.15, -0.1) is 10.2 Å². The van der Waals surface area contributed by atoms with Crippen LogP contribution in [0, 0.1) is 10.2 Å². The summed E-state index contributed by atoms with van der Waals surface area (Å²) >= 11 is 0.987. The van der Waals surface area contributed by atoms with Gasteiger partial charge in [-0.1, -0.05) is 0 Å². The van der Waals surface area contributed by atoms with Crippen molar-refractivity contribution in [1.82, 2.24) is 0 Å². The van der Waals surface area contributed by atoms with E-state index in [0.29, 0.717) is 0 Å². The number of aryl methyl sites for hydroxylation is 1. The van der Waals surface area contributed by atoms with Gasteiger partial charge in [0.05, 0.1) is 0 Å². The third-order valence-corrected chi connectivity index (χ3v) is 2.88. The van der Waals surface area contributed by atoms with Crippen molar-refractivity contribution in [2.75, 3.05) is 0 Å². The van der Waals surface area contributed by atoms with Gasteiger partial charge in [0.1, 0.15) is 0 Å². The summed E-state index contributed by atoms with van der Waals surface area (Å²) in [6.07, 6.45) is 1.16. The minimum Gasteiger partial charge on any atom is -0.222 e. The molecule has 0 aliphatic rings. The first-order valence-electron chi connectivity index (χ1n) is 4.70. The number of halogens is 1. The molecule has 0 heterocycles. The Labute approximate surface area is 123 Å². The number of aliphatic carboxylic acids is 1. The van der Waals surface area contributed by atoms with Crippen molar-refractivity contribution in [3.05, 3.63) is 29.8 Å². The zero-order valence-corrected chi connectivity index (χ0v) is 15.2. The van der Waals surface area contributed by atoms with Crippen LogP contribution in [0.5, 0.6) is 0 Å². The van der Waals surface area contributed by atoms with E-state index in [1.807, 2.05) is 0 Å². The molecule has 0 N–H and O–H groups in total. The van der Waals surface area contributed by atoms with Gasteiger partial charge in [0.25, 0.3) is 0 Å². The Balaban J connectivity index is 0. The number of benzene rings is 1. The Hall–Kier alpha value is -0.258. The number of carbonyl (C=O) groups excluding carboxylic acids is 1. The van der Waals surface area contributed by atoms with Gasteiger partial charge in [0.2, 0.25) is 0 Å². The average molecular weight is 468 g/mol.